The molecule has 2 aliphatic rings. The molecule has 1 N–H and O–H groups in total. The van der Waals surface area contributed by atoms with E-state index in [1.165, 1.54) is 63.7 Å². The van der Waals surface area contributed by atoms with Crippen LogP contribution in [0.3, 0.4) is 0 Å². The lowest BCUT2D eigenvalue weighted by molar-refractivity contribution is 0.263. The number of hydrogen-bond acceptors (Lipinski definition) is 3. The summed E-state index contributed by atoms with van der Waals surface area (Å²) in [6, 6.07) is 4.55. The molecule has 0 amide bonds. The fourth-order valence-corrected chi connectivity index (χ4v) is 4.46. The van der Waals surface area contributed by atoms with Crippen LogP contribution >= 0.6 is 0 Å². The standard InChI is InChI=1S/C24H33FN2O2/c25-19-11-12-20-22(17-19)26-24(28)21(8-3-1-2-7-18-9-10-18)23(20)29-16-6-15-27-13-4-5-14-27/h11-12,17-18H,1-10,13-16H2,(H,26,28). The van der Waals surface area contributed by atoms with Crippen molar-refractivity contribution in [2.75, 3.05) is 26.2 Å². The highest BCUT2D eigenvalue weighted by molar-refractivity contribution is 5.86. The van der Waals surface area contributed by atoms with E-state index in [1.54, 1.807) is 6.07 Å². The van der Waals surface area contributed by atoms with Crippen LogP contribution in [0.2, 0.25) is 0 Å². The van der Waals surface area contributed by atoms with E-state index in [1.807, 2.05) is 0 Å². The van der Waals surface area contributed by atoms with Crippen LogP contribution in [0.1, 0.15) is 63.4 Å². The Bertz CT molecular complexity index is 869. The lowest BCUT2D eigenvalue weighted by Gasteiger charge is -2.17. The minimum Gasteiger partial charge on any atom is -0.492 e. The van der Waals surface area contributed by atoms with Crippen molar-refractivity contribution in [2.45, 2.75) is 64.2 Å². The first-order valence-electron chi connectivity index (χ1n) is 11.4. The molecule has 4 rings (SSSR count). The van der Waals surface area contributed by atoms with Crippen LogP contribution in [0.5, 0.6) is 5.75 Å². The van der Waals surface area contributed by atoms with Gasteiger partial charge in [-0.2, -0.15) is 0 Å². The topological polar surface area (TPSA) is 45.3 Å². The summed E-state index contributed by atoms with van der Waals surface area (Å²) in [5, 5.41) is 0.806. The second-order valence-corrected chi connectivity index (χ2v) is 8.75. The monoisotopic (exact) mass is 400 g/mol. The Hall–Kier alpha value is -1.88. The maximum absolute atomic E-state index is 13.7. The van der Waals surface area contributed by atoms with Gasteiger partial charge in [-0.05, 0) is 69.3 Å². The van der Waals surface area contributed by atoms with Crippen LogP contribution in [-0.4, -0.2) is 36.1 Å². The summed E-state index contributed by atoms with van der Waals surface area (Å²) in [5.41, 5.74) is 1.10. The molecule has 5 heteroatoms. The van der Waals surface area contributed by atoms with Crippen LogP contribution in [0.25, 0.3) is 10.9 Å². The van der Waals surface area contributed by atoms with E-state index in [2.05, 4.69) is 9.88 Å². The molecule has 0 bridgehead atoms. The zero-order valence-electron chi connectivity index (χ0n) is 17.4. The third-order valence-corrected chi connectivity index (χ3v) is 6.32. The van der Waals surface area contributed by atoms with Crippen molar-refractivity contribution in [2.24, 2.45) is 5.92 Å². The number of nitrogens with zero attached hydrogens (tertiary/aromatic N) is 1. The quantitative estimate of drug-likeness (QED) is 0.537. The lowest BCUT2D eigenvalue weighted by atomic mass is 10.0. The molecular formula is C24H33FN2O2. The number of benzene rings is 1. The second kappa shape index (κ2) is 9.75. The normalized spacial score (nSPS) is 17.3. The van der Waals surface area contributed by atoms with E-state index in [4.69, 9.17) is 4.74 Å². The average Bonchev–Trinajstić information content (AvgIpc) is 3.38. The van der Waals surface area contributed by atoms with Gasteiger partial charge < -0.3 is 14.6 Å². The molecule has 2 fully saturated rings. The van der Waals surface area contributed by atoms with Crippen LogP contribution < -0.4 is 10.3 Å². The van der Waals surface area contributed by atoms with Gasteiger partial charge in [-0.1, -0.05) is 32.1 Å². The van der Waals surface area contributed by atoms with Gasteiger partial charge in [0.2, 0.25) is 0 Å². The van der Waals surface area contributed by atoms with E-state index in [0.717, 1.165) is 49.1 Å². The first-order chi connectivity index (χ1) is 14.2. The summed E-state index contributed by atoms with van der Waals surface area (Å²) in [7, 11) is 0. The van der Waals surface area contributed by atoms with Gasteiger partial charge in [-0.15, -0.1) is 0 Å². The van der Waals surface area contributed by atoms with Crippen molar-refractivity contribution >= 4 is 10.9 Å². The van der Waals surface area contributed by atoms with Crippen molar-refractivity contribution in [3.63, 3.8) is 0 Å². The summed E-state index contributed by atoms with van der Waals surface area (Å²) < 4.78 is 19.8. The minimum absolute atomic E-state index is 0.139. The number of aromatic nitrogens is 1. The molecule has 1 saturated heterocycles. The Morgan fingerprint density at radius 2 is 1.93 bits per heavy atom. The first-order valence-corrected chi connectivity index (χ1v) is 11.4. The van der Waals surface area contributed by atoms with Crippen molar-refractivity contribution < 1.29 is 9.13 Å². The lowest BCUT2D eigenvalue weighted by Crippen LogP contribution is -2.22. The molecule has 0 atom stereocenters. The molecule has 1 aromatic carbocycles. The fourth-order valence-electron chi connectivity index (χ4n) is 4.46. The number of pyridine rings is 1. The number of halogens is 1. The smallest absolute Gasteiger partial charge is 0.255 e. The number of aromatic amines is 1. The summed E-state index contributed by atoms with van der Waals surface area (Å²) in [5.74, 6) is 1.27. The van der Waals surface area contributed by atoms with Gasteiger partial charge in [0.05, 0.1) is 17.7 Å². The molecule has 158 valence electrons. The summed E-state index contributed by atoms with van der Waals surface area (Å²) in [4.78, 5) is 18.1. The molecule has 1 aliphatic carbocycles. The van der Waals surface area contributed by atoms with E-state index < -0.39 is 0 Å². The van der Waals surface area contributed by atoms with E-state index in [0.29, 0.717) is 17.9 Å². The zero-order valence-corrected chi connectivity index (χ0v) is 17.4. The zero-order chi connectivity index (χ0) is 20.1. The number of nitrogens with one attached hydrogen (secondary N) is 1. The van der Waals surface area contributed by atoms with Gasteiger partial charge in [0.15, 0.2) is 0 Å². The van der Waals surface area contributed by atoms with Crippen LogP contribution in [0, 0.1) is 11.7 Å². The van der Waals surface area contributed by atoms with Crippen LogP contribution in [-0.2, 0) is 6.42 Å². The maximum Gasteiger partial charge on any atom is 0.255 e. The highest BCUT2D eigenvalue weighted by Gasteiger charge is 2.20. The van der Waals surface area contributed by atoms with Crippen molar-refractivity contribution in [3.8, 4) is 5.75 Å². The molecule has 29 heavy (non-hydrogen) atoms. The summed E-state index contributed by atoms with van der Waals surface area (Å²) in [6.07, 6.45) is 11.7. The predicted octanol–water partition coefficient (Wildman–Crippen LogP) is 5.04. The minimum atomic E-state index is -0.346. The average molecular weight is 401 g/mol. The molecule has 0 unspecified atom stereocenters. The molecule has 4 nitrogen and oxygen atoms in total. The van der Waals surface area contributed by atoms with Crippen molar-refractivity contribution in [1.29, 1.82) is 0 Å². The number of hydrogen-bond donors (Lipinski definition) is 1. The second-order valence-electron chi connectivity index (χ2n) is 8.75. The van der Waals surface area contributed by atoms with Gasteiger partial charge >= 0.3 is 0 Å². The highest BCUT2D eigenvalue weighted by atomic mass is 19.1. The van der Waals surface area contributed by atoms with Crippen LogP contribution in [0.4, 0.5) is 4.39 Å². The summed E-state index contributed by atoms with van der Waals surface area (Å²) >= 11 is 0. The first kappa shape index (κ1) is 20.4. The fraction of sp³-hybridized carbons (Fsp3) is 0.625. The number of H-pyrrole nitrogens is 1. The largest absolute Gasteiger partial charge is 0.492 e. The molecule has 0 radical (unpaired) electrons. The Morgan fingerprint density at radius 1 is 1.10 bits per heavy atom. The number of ether oxygens (including phenoxy) is 1. The van der Waals surface area contributed by atoms with Gasteiger partial charge in [0.1, 0.15) is 11.6 Å². The Morgan fingerprint density at radius 3 is 2.72 bits per heavy atom. The molecule has 2 aromatic rings. The molecule has 0 spiro atoms. The molecule has 2 heterocycles. The van der Waals surface area contributed by atoms with Gasteiger partial charge in [-0.25, -0.2) is 4.39 Å². The molecular weight excluding hydrogens is 367 g/mol. The number of likely N-dealkylation sites (tertiary alicyclic amines) is 1. The SMILES string of the molecule is O=c1[nH]c2cc(F)ccc2c(OCCCN2CCCC2)c1CCCCCC1CC1. The third kappa shape index (κ3) is 5.59. The number of fused-ring (bicyclic) bond motifs is 1. The third-order valence-electron chi connectivity index (χ3n) is 6.32. The Kier molecular flexibility index (Phi) is 6.86. The molecule has 1 aromatic heterocycles. The van der Waals surface area contributed by atoms with Gasteiger partial charge in [0, 0.05) is 11.9 Å². The maximum atomic E-state index is 13.7. The van der Waals surface area contributed by atoms with Crippen molar-refractivity contribution in [1.82, 2.24) is 9.88 Å². The highest BCUT2D eigenvalue weighted by Crippen LogP contribution is 2.34. The van der Waals surface area contributed by atoms with Gasteiger partial charge in [-0.3, -0.25) is 4.79 Å². The van der Waals surface area contributed by atoms with E-state index >= 15 is 0 Å². The predicted molar refractivity (Wildman–Crippen MR) is 115 cm³/mol. The van der Waals surface area contributed by atoms with E-state index in [-0.39, 0.29) is 11.4 Å². The molecule has 1 saturated carbocycles. The van der Waals surface area contributed by atoms with Crippen molar-refractivity contribution in [3.05, 3.63) is 39.9 Å². The number of unbranched alkanes of at least 4 members (excludes halogenated alkanes) is 2. The Labute approximate surface area is 172 Å². The summed E-state index contributed by atoms with van der Waals surface area (Å²) in [6.45, 7) is 3.98. The number of rotatable bonds is 11. The van der Waals surface area contributed by atoms with E-state index in [9.17, 15) is 9.18 Å². The van der Waals surface area contributed by atoms with Gasteiger partial charge in [0.25, 0.3) is 5.56 Å². The van der Waals surface area contributed by atoms with Crippen LogP contribution in [0.15, 0.2) is 23.0 Å². The molecule has 1 aliphatic heterocycles. The Balaban J connectivity index is 1.43.